The molecule has 4 aromatic heterocycles. The van der Waals surface area contributed by atoms with Crippen LogP contribution in [0.3, 0.4) is 0 Å². The molecule has 0 aromatic carbocycles. The highest BCUT2D eigenvalue weighted by molar-refractivity contribution is 5.93. The quantitative estimate of drug-likeness (QED) is 0.541. The third-order valence-corrected chi connectivity index (χ3v) is 4.22. The smallest absolute Gasteiger partial charge is 0.334 e. The van der Waals surface area contributed by atoms with E-state index in [4.69, 9.17) is 0 Å². The van der Waals surface area contributed by atoms with Crippen LogP contribution in [0.1, 0.15) is 27.6 Å². The molecule has 4 rings (SSSR count). The molecule has 0 N–H and O–H groups in total. The third-order valence-electron chi connectivity index (χ3n) is 4.22. The fraction of sp³-hybridized carbons (Fsp3) is 0.222. The van der Waals surface area contributed by atoms with Gasteiger partial charge >= 0.3 is 6.18 Å². The largest absolute Gasteiger partial charge is 0.433 e. The number of carbonyl (C=O) groups is 1. The van der Waals surface area contributed by atoms with Gasteiger partial charge in [-0.15, -0.1) is 0 Å². The van der Waals surface area contributed by atoms with Crippen LogP contribution >= 0.6 is 0 Å². The number of hydrogen-bond acceptors (Lipinski definition) is 4. The second kappa shape index (κ2) is 6.32. The van der Waals surface area contributed by atoms with Crippen LogP contribution in [0, 0.1) is 6.92 Å². The molecule has 4 heterocycles. The number of pyridine rings is 1. The Balaban J connectivity index is 1.64. The Labute approximate surface area is 157 Å². The topological polar surface area (TPSA) is 67.8 Å². The van der Waals surface area contributed by atoms with E-state index in [1.54, 1.807) is 13.2 Å². The first-order valence-corrected chi connectivity index (χ1v) is 8.35. The van der Waals surface area contributed by atoms with E-state index in [1.807, 2.05) is 28.8 Å². The molecular weight excluding hydrogens is 373 g/mol. The summed E-state index contributed by atoms with van der Waals surface area (Å²) in [5.74, 6) is -0.520. The number of fused-ring (bicyclic) bond motifs is 2. The molecule has 0 atom stereocenters. The summed E-state index contributed by atoms with van der Waals surface area (Å²) in [4.78, 5) is 22.5. The van der Waals surface area contributed by atoms with Gasteiger partial charge in [0.15, 0.2) is 11.3 Å². The number of amides is 1. The number of halogens is 3. The summed E-state index contributed by atoms with van der Waals surface area (Å²) in [6.45, 7) is 1.65. The van der Waals surface area contributed by atoms with Crippen LogP contribution in [0.4, 0.5) is 13.2 Å². The van der Waals surface area contributed by atoms with Gasteiger partial charge in [0.1, 0.15) is 11.3 Å². The van der Waals surface area contributed by atoms with Crippen molar-refractivity contribution in [1.82, 2.24) is 28.9 Å². The summed E-state index contributed by atoms with van der Waals surface area (Å²) >= 11 is 0. The maximum atomic E-state index is 13.3. The first-order valence-electron chi connectivity index (χ1n) is 8.35. The molecule has 0 saturated carbocycles. The van der Waals surface area contributed by atoms with Gasteiger partial charge in [-0.3, -0.25) is 4.79 Å². The fourth-order valence-electron chi connectivity index (χ4n) is 2.98. The van der Waals surface area contributed by atoms with E-state index in [0.717, 1.165) is 11.7 Å². The average molecular weight is 388 g/mol. The molecule has 144 valence electrons. The van der Waals surface area contributed by atoms with E-state index in [2.05, 4.69) is 15.1 Å². The number of alkyl halides is 3. The van der Waals surface area contributed by atoms with Crippen molar-refractivity contribution in [2.45, 2.75) is 19.6 Å². The van der Waals surface area contributed by atoms with Crippen molar-refractivity contribution < 1.29 is 18.0 Å². The van der Waals surface area contributed by atoms with Crippen molar-refractivity contribution in [3.05, 3.63) is 65.5 Å². The second-order valence-electron chi connectivity index (χ2n) is 6.44. The predicted octanol–water partition coefficient (Wildman–Crippen LogP) is 2.98. The van der Waals surface area contributed by atoms with Crippen LogP contribution in [-0.4, -0.2) is 41.8 Å². The Bertz CT molecular complexity index is 1160. The van der Waals surface area contributed by atoms with E-state index >= 15 is 0 Å². The van der Waals surface area contributed by atoms with Crippen LogP contribution in [0.15, 0.2) is 42.7 Å². The molecule has 0 aliphatic carbocycles. The van der Waals surface area contributed by atoms with Crippen LogP contribution in [0.5, 0.6) is 0 Å². The minimum atomic E-state index is -4.61. The Morgan fingerprint density at radius 3 is 2.68 bits per heavy atom. The first-order chi connectivity index (χ1) is 13.2. The third kappa shape index (κ3) is 3.17. The normalized spacial score (nSPS) is 12.0. The highest BCUT2D eigenvalue weighted by Crippen LogP contribution is 2.30. The number of aryl methyl sites for hydroxylation is 1. The molecule has 0 aliphatic heterocycles. The standard InChI is InChI=1S/C18H15F3N6O/c1-11-7-14(18(19,20)21)27-16(22-11)8-13(24-27)17(28)25(2)9-12-10-26-6-4-3-5-15(26)23-12/h3-8,10H,9H2,1-2H3. The van der Waals surface area contributed by atoms with Crippen LogP contribution in [-0.2, 0) is 12.7 Å². The highest BCUT2D eigenvalue weighted by atomic mass is 19.4. The summed E-state index contributed by atoms with van der Waals surface area (Å²) in [7, 11) is 1.54. The Morgan fingerprint density at radius 1 is 1.18 bits per heavy atom. The first kappa shape index (κ1) is 18.0. The molecular formula is C18H15F3N6O. The van der Waals surface area contributed by atoms with Gasteiger partial charge in [0.05, 0.1) is 12.2 Å². The predicted molar refractivity (Wildman–Crippen MR) is 93.7 cm³/mol. The molecule has 28 heavy (non-hydrogen) atoms. The van der Waals surface area contributed by atoms with Crippen molar-refractivity contribution in [1.29, 1.82) is 0 Å². The lowest BCUT2D eigenvalue weighted by atomic mass is 10.3. The average Bonchev–Trinajstić information content (AvgIpc) is 3.22. The van der Waals surface area contributed by atoms with Gasteiger partial charge in [0.2, 0.25) is 0 Å². The molecule has 0 fully saturated rings. The van der Waals surface area contributed by atoms with Crippen molar-refractivity contribution in [3.8, 4) is 0 Å². The lowest BCUT2D eigenvalue weighted by Crippen LogP contribution is -2.27. The Hall–Kier alpha value is -3.43. The maximum Gasteiger partial charge on any atom is 0.433 e. The van der Waals surface area contributed by atoms with Crippen molar-refractivity contribution in [3.63, 3.8) is 0 Å². The number of carbonyl (C=O) groups excluding carboxylic acids is 1. The van der Waals surface area contributed by atoms with Crippen molar-refractivity contribution in [2.75, 3.05) is 7.05 Å². The van der Waals surface area contributed by atoms with Gasteiger partial charge < -0.3 is 9.30 Å². The summed E-state index contributed by atoms with van der Waals surface area (Å²) in [5, 5.41) is 3.84. The zero-order chi connectivity index (χ0) is 20.1. The minimum absolute atomic E-state index is 0.0307. The minimum Gasteiger partial charge on any atom is -0.334 e. The Morgan fingerprint density at radius 2 is 1.96 bits per heavy atom. The molecule has 0 bridgehead atoms. The van der Waals surface area contributed by atoms with Gasteiger partial charge in [0, 0.05) is 31.2 Å². The zero-order valence-corrected chi connectivity index (χ0v) is 15.0. The fourth-order valence-corrected chi connectivity index (χ4v) is 2.98. The molecule has 0 radical (unpaired) electrons. The Kier molecular flexibility index (Phi) is 4.06. The monoisotopic (exact) mass is 388 g/mol. The number of hydrogen-bond donors (Lipinski definition) is 0. The van der Waals surface area contributed by atoms with E-state index in [9.17, 15) is 18.0 Å². The van der Waals surface area contributed by atoms with Crippen molar-refractivity contribution in [2.24, 2.45) is 0 Å². The van der Waals surface area contributed by atoms with Crippen LogP contribution < -0.4 is 0 Å². The molecule has 7 nitrogen and oxygen atoms in total. The van der Waals surface area contributed by atoms with Crippen LogP contribution in [0.2, 0.25) is 0 Å². The van der Waals surface area contributed by atoms with Gasteiger partial charge in [-0.05, 0) is 25.1 Å². The molecule has 0 aliphatic rings. The van der Waals surface area contributed by atoms with E-state index in [1.165, 1.54) is 17.9 Å². The lowest BCUT2D eigenvalue weighted by Gasteiger charge is -2.14. The molecule has 0 unspecified atom stereocenters. The molecule has 10 heteroatoms. The summed E-state index contributed by atoms with van der Waals surface area (Å²) in [5.41, 5.74) is 0.455. The SMILES string of the molecule is Cc1cc(C(F)(F)F)n2nc(C(=O)N(C)Cc3cn4ccccc4n3)cc2n1. The highest BCUT2D eigenvalue weighted by Gasteiger charge is 2.35. The number of aromatic nitrogens is 5. The van der Waals surface area contributed by atoms with Gasteiger partial charge in [0.25, 0.3) is 5.91 Å². The molecule has 1 amide bonds. The van der Waals surface area contributed by atoms with Crippen molar-refractivity contribution >= 4 is 17.2 Å². The zero-order valence-electron chi connectivity index (χ0n) is 15.0. The van der Waals surface area contributed by atoms with Gasteiger partial charge in [-0.1, -0.05) is 6.07 Å². The number of nitrogens with zero attached hydrogens (tertiary/aromatic N) is 6. The maximum absolute atomic E-state index is 13.3. The molecule has 0 saturated heterocycles. The van der Waals surface area contributed by atoms with Gasteiger partial charge in [-0.25, -0.2) is 14.5 Å². The number of imidazole rings is 1. The van der Waals surface area contributed by atoms with Gasteiger partial charge in [-0.2, -0.15) is 18.3 Å². The summed E-state index contributed by atoms with van der Waals surface area (Å²) in [6, 6.07) is 7.70. The molecule has 4 aromatic rings. The van der Waals surface area contributed by atoms with E-state index < -0.39 is 17.8 Å². The summed E-state index contributed by atoms with van der Waals surface area (Å²) < 4.78 is 42.3. The van der Waals surface area contributed by atoms with E-state index in [-0.39, 0.29) is 23.6 Å². The number of rotatable bonds is 3. The lowest BCUT2D eigenvalue weighted by molar-refractivity contribution is -0.142. The summed E-state index contributed by atoms with van der Waals surface area (Å²) in [6.07, 6.45) is -0.987. The molecule has 0 spiro atoms. The van der Waals surface area contributed by atoms with Crippen LogP contribution in [0.25, 0.3) is 11.3 Å². The van der Waals surface area contributed by atoms with E-state index in [0.29, 0.717) is 10.2 Å². The second-order valence-corrected chi connectivity index (χ2v) is 6.44.